The fourth-order valence-corrected chi connectivity index (χ4v) is 3.07. The summed E-state index contributed by atoms with van der Waals surface area (Å²) in [5, 5.41) is 0. The lowest BCUT2D eigenvalue weighted by atomic mass is 9.88. The van der Waals surface area contributed by atoms with E-state index in [2.05, 4.69) is 88.7 Å². The molecule has 0 heterocycles. The summed E-state index contributed by atoms with van der Waals surface area (Å²) in [7, 11) is 0. The van der Waals surface area contributed by atoms with Gasteiger partial charge in [0.05, 0.1) is 0 Å². The number of hydrogen-bond acceptors (Lipinski definition) is 0. The lowest BCUT2D eigenvalue weighted by Gasteiger charge is -2.17. The summed E-state index contributed by atoms with van der Waals surface area (Å²) in [5.41, 5.74) is 9.25. The van der Waals surface area contributed by atoms with Crippen molar-refractivity contribution in [1.82, 2.24) is 0 Å². The molecular formula is C26H30. The third-order valence-corrected chi connectivity index (χ3v) is 5.30. The second kappa shape index (κ2) is 8.19. The van der Waals surface area contributed by atoms with E-state index in [0.29, 0.717) is 0 Å². The highest BCUT2D eigenvalue weighted by Crippen LogP contribution is 2.31. The van der Waals surface area contributed by atoms with Gasteiger partial charge in [-0.05, 0) is 47.2 Å². The zero-order valence-corrected chi connectivity index (χ0v) is 16.6. The van der Waals surface area contributed by atoms with Gasteiger partial charge in [-0.2, -0.15) is 0 Å². The van der Waals surface area contributed by atoms with Crippen molar-refractivity contribution in [1.29, 1.82) is 0 Å². The highest BCUT2D eigenvalue weighted by molar-refractivity contribution is 5.64. The van der Waals surface area contributed by atoms with Gasteiger partial charge in [-0.3, -0.25) is 0 Å². The average Bonchev–Trinajstić information content (AvgIpc) is 2.65. The Bertz CT molecular complexity index is 755. The molecule has 0 nitrogen and oxygen atoms in total. The molecule has 0 saturated heterocycles. The van der Waals surface area contributed by atoms with Gasteiger partial charge in [0.2, 0.25) is 0 Å². The van der Waals surface area contributed by atoms with Crippen LogP contribution in [-0.4, -0.2) is 0 Å². The van der Waals surface area contributed by atoms with Crippen molar-refractivity contribution in [2.45, 2.75) is 39.5 Å². The topological polar surface area (TPSA) is 0 Å². The molecule has 2 atom stereocenters. The molecule has 0 aromatic heterocycles. The van der Waals surface area contributed by atoms with Crippen LogP contribution >= 0.6 is 0 Å². The van der Waals surface area contributed by atoms with E-state index in [1.165, 1.54) is 22.3 Å². The summed E-state index contributed by atoms with van der Waals surface area (Å²) < 4.78 is 0. The van der Waals surface area contributed by atoms with Crippen LogP contribution in [0.2, 0.25) is 0 Å². The van der Waals surface area contributed by atoms with Gasteiger partial charge in [0.25, 0.3) is 0 Å². The normalized spacial score (nSPS) is 12.9. The van der Waals surface area contributed by atoms with E-state index in [-0.39, 0.29) is 11.8 Å². The molecule has 0 heteroatoms. The Morgan fingerprint density at radius 2 is 0.846 bits per heavy atom. The standard InChI is InChI=1S/C26H30/c1-17(2)19(5)21(7)23-9-13-25(14-10-23)26-15-11-24(12-16-26)22(8)20(6)18(3)4/h9-16,21-22H,1,3,5-6H2,2,4,7-8H3/t21-,22?/m0/s1. The number of benzene rings is 2. The molecule has 0 radical (unpaired) electrons. The van der Waals surface area contributed by atoms with Gasteiger partial charge in [0, 0.05) is 11.8 Å². The Kier molecular flexibility index (Phi) is 6.21. The van der Waals surface area contributed by atoms with Crippen molar-refractivity contribution in [2.24, 2.45) is 0 Å². The molecule has 26 heavy (non-hydrogen) atoms. The Morgan fingerprint density at radius 3 is 1.08 bits per heavy atom. The molecule has 2 aromatic carbocycles. The summed E-state index contributed by atoms with van der Waals surface area (Å²) in [4.78, 5) is 0. The fourth-order valence-electron chi connectivity index (χ4n) is 3.07. The quantitative estimate of drug-likeness (QED) is 0.450. The van der Waals surface area contributed by atoms with Crippen LogP contribution in [0.25, 0.3) is 11.1 Å². The molecule has 0 aliphatic carbocycles. The first kappa shape index (κ1) is 19.7. The van der Waals surface area contributed by atoms with Gasteiger partial charge in [-0.1, -0.05) is 99.8 Å². The molecule has 2 aromatic rings. The molecule has 0 fully saturated rings. The molecule has 0 bridgehead atoms. The molecule has 0 N–H and O–H groups in total. The average molecular weight is 343 g/mol. The van der Waals surface area contributed by atoms with Crippen molar-refractivity contribution in [3.05, 3.63) is 108 Å². The molecule has 0 aliphatic rings. The van der Waals surface area contributed by atoms with Crippen molar-refractivity contribution in [2.75, 3.05) is 0 Å². The molecule has 134 valence electrons. The Hall–Kier alpha value is -2.60. The van der Waals surface area contributed by atoms with Crippen molar-refractivity contribution in [3.8, 4) is 11.1 Å². The third-order valence-electron chi connectivity index (χ3n) is 5.30. The second-order valence-corrected chi connectivity index (χ2v) is 7.30. The van der Waals surface area contributed by atoms with Crippen LogP contribution in [-0.2, 0) is 0 Å². The predicted molar refractivity (Wildman–Crippen MR) is 117 cm³/mol. The number of rotatable bonds is 7. The summed E-state index contributed by atoms with van der Waals surface area (Å²) >= 11 is 0. The van der Waals surface area contributed by atoms with Crippen LogP contribution in [0.4, 0.5) is 0 Å². The molecule has 0 spiro atoms. The smallest absolute Gasteiger partial charge is 0.00575 e. The van der Waals surface area contributed by atoms with E-state index in [1.807, 2.05) is 13.8 Å². The summed E-state index contributed by atoms with van der Waals surface area (Å²) in [6.07, 6.45) is 0. The van der Waals surface area contributed by atoms with E-state index in [0.717, 1.165) is 22.3 Å². The van der Waals surface area contributed by atoms with E-state index in [4.69, 9.17) is 0 Å². The highest BCUT2D eigenvalue weighted by atomic mass is 14.2. The number of allylic oxidation sites excluding steroid dienone is 4. The molecule has 0 amide bonds. The molecular weight excluding hydrogens is 312 g/mol. The predicted octanol–water partition coefficient (Wildman–Crippen LogP) is 7.83. The minimum absolute atomic E-state index is 0.290. The van der Waals surface area contributed by atoms with Gasteiger partial charge in [-0.25, -0.2) is 0 Å². The van der Waals surface area contributed by atoms with Gasteiger partial charge >= 0.3 is 0 Å². The second-order valence-electron chi connectivity index (χ2n) is 7.30. The Balaban J connectivity index is 2.19. The van der Waals surface area contributed by atoms with Crippen molar-refractivity contribution in [3.63, 3.8) is 0 Å². The first-order valence-electron chi connectivity index (χ1n) is 9.12. The maximum absolute atomic E-state index is 4.15. The minimum Gasteiger partial charge on any atom is -0.0958 e. The van der Waals surface area contributed by atoms with E-state index in [9.17, 15) is 0 Å². The van der Waals surface area contributed by atoms with Crippen LogP contribution < -0.4 is 0 Å². The van der Waals surface area contributed by atoms with Crippen LogP contribution in [0.1, 0.15) is 50.7 Å². The zero-order valence-electron chi connectivity index (χ0n) is 16.6. The SMILES string of the molecule is C=C(C)C(=C)C(C)c1ccc(-c2ccc([C@@H](C)C(=C)C(=C)C)cc2)cc1. The summed E-state index contributed by atoms with van der Waals surface area (Å²) in [6.45, 7) is 24.7. The van der Waals surface area contributed by atoms with Crippen LogP contribution in [0.3, 0.4) is 0 Å². The third kappa shape index (κ3) is 4.32. The van der Waals surface area contributed by atoms with Crippen molar-refractivity contribution >= 4 is 0 Å². The fraction of sp³-hybridized carbons (Fsp3) is 0.231. The maximum Gasteiger partial charge on any atom is 0.00575 e. The zero-order chi connectivity index (χ0) is 19.4. The first-order chi connectivity index (χ1) is 12.2. The molecule has 1 unspecified atom stereocenters. The van der Waals surface area contributed by atoms with Gasteiger partial charge in [-0.15, -0.1) is 0 Å². The van der Waals surface area contributed by atoms with E-state index in [1.54, 1.807) is 0 Å². The van der Waals surface area contributed by atoms with Crippen molar-refractivity contribution < 1.29 is 0 Å². The first-order valence-corrected chi connectivity index (χ1v) is 9.12. The monoisotopic (exact) mass is 342 g/mol. The Labute approximate surface area is 159 Å². The van der Waals surface area contributed by atoms with E-state index < -0.39 is 0 Å². The Morgan fingerprint density at radius 1 is 0.577 bits per heavy atom. The van der Waals surface area contributed by atoms with Gasteiger partial charge in [0.15, 0.2) is 0 Å². The van der Waals surface area contributed by atoms with Crippen LogP contribution in [0.15, 0.2) is 97.1 Å². The highest BCUT2D eigenvalue weighted by Gasteiger charge is 2.12. The largest absolute Gasteiger partial charge is 0.0958 e. The summed E-state index contributed by atoms with van der Waals surface area (Å²) in [6, 6.07) is 17.5. The van der Waals surface area contributed by atoms with E-state index >= 15 is 0 Å². The van der Waals surface area contributed by atoms with Gasteiger partial charge in [0.1, 0.15) is 0 Å². The minimum atomic E-state index is 0.290. The molecule has 0 aliphatic heterocycles. The lowest BCUT2D eigenvalue weighted by molar-refractivity contribution is 0.907. The summed E-state index contributed by atoms with van der Waals surface area (Å²) in [5.74, 6) is 0.580. The number of hydrogen-bond donors (Lipinski definition) is 0. The van der Waals surface area contributed by atoms with Crippen LogP contribution in [0.5, 0.6) is 0 Å². The van der Waals surface area contributed by atoms with Gasteiger partial charge < -0.3 is 0 Å². The molecule has 2 rings (SSSR count). The van der Waals surface area contributed by atoms with Crippen LogP contribution in [0, 0.1) is 0 Å². The maximum atomic E-state index is 4.15. The lowest BCUT2D eigenvalue weighted by Crippen LogP contribution is -1.98. The molecule has 0 saturated carbocycles.